The second-order valence-electron chi connectivity index (χ2n) is 6.10. The second-order valence-corrected chi connectivity index (χ2v) is 6.54. The summed E-state index contributed by atoms with van der Waals surface area (Å²) in [5.41, 5.74) is 0.425. The van der Waals surface area contributed by atoms with Gasteiger partial charge in [0.1, 0.15) is 0 Å². The molecule has 0 saturated carbocycles. The highest BCUT2D eigenvalue weighted by atomic mass is 35.5. The number of carbonyl (C=O) groups excluding carboxylic acids is 1. The molecule has 0 spiro atoms. The van der Waals surface area contributed by atoms with E-state index < -0.39 is 11.4 Å². The average Bonchev–Trinajstić information content (AvgIpc) is 2.34. The summed E-state index contributed by atoms with van der Waals surface area (Å²) in [5, 5.41) is 12.2. The van der Waals surface area contributed by atoms with Crippen molar-refractivity contribution >= 4 is 23.5 Å². The first kappa shape index (κ1) is 17.5. The Hall–Kier alpha value is -1.55. The van der Waals surface area contributed by atoms with E-state index in [1.165, 1.54) is 0 Å². The number of nitrogens with one attached hydrogen (secondary N) is 1. The third-order valence-electron chi connectivity index (χ3n) is 3.28. The number of carbonyl (C=O) groups is 2. The lowest BCUT2D eigenvalue weighted by molar-refractivity contribution is -0.138. The molecule has 1 unspecified atom stereocenters. The minimum atomic E-state index is -0.852. The van der Waals surface area contributed by atoms with Crippen LogP contribution in [-0.2, 0) is 16.0 Å². The van der Waals surface area contributed by atoms with Crippen molar-refractivity contribution < 1.29 is 14.7 Å². The zero-order valence-electron chi connectivity index (χ0n) is 12.6. The van der Waals surface area contributed by atoms with E-state index in [2.05, 4.69) is 5.32 Å². The number of amides is 1. The lowest BCUT2D eigenvalue weighted by Gasteiger charge is -2.24. The fourth-order valence-corrected chi connectivity index (χ4v) is 2.33. The molecular formula is C16H22ClNO3. The summed E-state index contributed by atoms with van der Waals surface area (Å²) in [5.74, 6) is -1.02. The van der Waals surface area contributed by atoms with Gasteiger partial charge in [0.15, 0.2) is 0 Å². The van der Waals surface area contributed by atoms with E-state index in [1.54, 1.807) is 13.0 Å². The van der Waals surface area contributed by atoms with Crippen LogP contribution in [0.3, 0.4) is 0 Å². The number of benzene rings is 1. The molecule has 0 fully saturated rings. The van der Waals surface area contributed by atoms with Crippen LogP contribution in [0.4, 0.5) is 0 Å². The summed E-state index contributed by atoms with van der Waals surface area (Å²) < 4.78 is 0. The molecule has 21 heavy (non-hydrogen) atoms. The SMILES string of the molecule is CC(CNC(=O)C(C)(C)Cc1cccc(Cl)c1)CC(=O)O. The Balaban J connectivity index is 2.57. The maximum absolute atomic E-state index is 12.3. The molecular weight excluding hydrogens is 290 g/mol. The van der Waals surface area contributed by atoms with E-state index >= 15 is 0 Å². The molecule has 1 aromatic rings. The standard InChI is InChI=1S/C16H22ClNO3/c1-11(7-14(19)20)10-18-15(21)16(2,3)9-12-5-4-6-13(17)8-12/h4-6,8,11H,7,9-10H2,1-3H3,(H,18,21)(H,19,20). The molecule has 0 aliphatic rings. The van der Waals surface area contributed by atoms with Crippen LogP contribution in [0.2, 0.25) is 5.02 Å². The van der Waals surface area contributed by atoms with Gasteiger partial charge in [-0.3, -0.25) is 9.59 Å². The van der Waals surface area contributed by atoms with Crippen molar-refractivity contribution in [2.75, 3.05) is 6.54 Å². The average molecular weight is 312 g/mol. The van der Waals surface area contributed by atoms with Gasteiger partial charge >= 0.3 is 5.97 Å². The fourth-order valence-electron chi connectivity index (χ4n) is 2.11. The molecule has 0 aliphatic carbocycles. The highest BCUT2D eigenvalue weighted by Crippen LogP contribution is 2.24. The maximum Gasteiger partial charge on any atom is 0.303 e. The fraction of sp³-hybridized carbons (Fsp3) is 0.500. The van der Waals surface area contributed by atoms with Gasteiger partial charge in [-0.05, 0) is 30.0 Å². The van der Waals surface area contributed by atoms with Crippen LogP contribution in [0.15, 0.2) is 24.3 Å². The molecule has 0 saturated heterocycles. The topological polar surface area (TPSA) is 66.4 Å². The Bertz CT molecular complexity index is 514. The quantitative estimate of drug-likeness (QED) is 0.813. The molecule has 1 atom stereocenters. The molecule has 1 amide bonds. The van der Waals surface area contributed by atoms with Gasteiger partial charge < -0.3 is 10.4 Å². The summed E-state index contributed by atoms with van der Waals surface area (Å²) in [6.07, 6.45) is 0.627. The molecule has 0 radical (unpaired) electrons. The number of hydrogen-bond acceptors (Lipinski definition) is 2. The van der Waals surface area contributed by atoms with Crippen molar-refractivity contribution in [3.8, 4) is 0 Å². The lowest BCUT2D eigenvalue weighted by Crippen LogP contribution is -2.40. The highest BCUT2D eigenvalue weighted by molar-refractivity contribution is 6.30. The molecule has 2 N–H and O–H groups in total. The Morgan fingerprint density at radius 3 is 2.62 bits per heavy atom. The van der Waals surface area contributed by atoms with Crippen molar-refractivity contribution in [1.29, 1.82) is 0 Å². The minimum absolute atomic E-state index is 0.0506. The van der Waals surface area contributed by atoms with Gasteiger partial charge in [-0.15, -0.1) is 0 Å². The summed E-state index contributed by atoms with van der Waals surface area (Å²) in [6, 6.07) is 7.45. The number of halogens is 1. The van der Waals surface area contributed by atoms with Crippen LogP contribution < -0.4 is 5.32 Å². The molecule has 116 valence electrons. The Kier molecular flexibility index (Phi) is 6.21. The number of carboxylic acid groups (broad SMARTS) is 1. The van der Waals surface area contributed by atoms with E-state index in [0.29, 0.717) is 18.0 Å². The summed E-state index contributed by atoms with van der Waals surface area (Å²) >= 11 is 5.95. The van der Waals surface area contributed by atoms with Gasteiger partial charge in [-0.2, -0.15) is 0 Å². The van der Waals surface area contributed by atoms with Crippen molar-refractivity contribution in [2.24, 2.45) is 11.3 Å². The first-order chi connectivity index (χ1) is 9.70. The second kappa shape index (κ2) is 7.46. The smallest absolute Gasteiger partial charge is 0.303 e. The van der Waals surface area contributed by atoms with Gasteiger partial charge in [-0.1, -0.05) is 44.5 Å². The molecule has 5 heteroatoms. The highest BCUT2D eigenvalue weighted by Gasteiger charge is 2.28. The van der Waals surface area contributed by atoms with Crippen LogP contribution in [0, 0.1) is 11.3 Å². The first-order valence-corrected chi connectivity index (χ1v) is 7.33. The van der Waals surface area contributed by atoms with E-state index in [-0.39, 0.29) is 18.2 Å². The summed E-state index contributed by atoms with van der Waals surface area (Å²) in [6.45, 7) is 5.90. The van der Waals surface area contributed by atoms with Gasteiger partial charge in [0.05, 0.1) is 0 Å². The third kappa shape index (κ3) is 6.17. The molecule has 0 aliphatic heterocycles. The number of aliphatic carboxylic acids is 1. The molecule has 1 rings (SSSR count). The molecule has 1 aromatic carbocycles. The van der Waals surface area contributed by atoms with E-state index in [4.69, 9.17) is 16.7 Å². The lowest BCUT2D eigenvalue weighted by atomic mass is 9.84. The van der Waals surface area contributed by atoms with Gasteiger partial charge in [0.25, 0.3) is 0 Å². The van der Waals surface area contributed by atoms with Crippen LogP contribution in [0.5, 0.6) is 0 Å². The normalized spacial score (nSPS) is 12.8. The third-order valence-corrected chi connectivity index (χ3v) is 3.52. The van der Waals surface area contributed by atoms with Crippen molar-refractivity contribution in [1.82, 2.24) is 5.32 Å². The summed E-state index contributed by atoms with van der Waals surface area (Å²) in [7, 11) is 0. The zero-order chi connectivity index (χ0) is 16.0. The van der Waals surface area contributed by atoms with Crippen LogP contribution in [0.1, 0.15) is 32.8 Å². The molecule has 0 aromatic heterocycles. The van der Waals surface area contributed by atoms with Gasteiger partial charge in [-0.25, -0.2) is 0 Å². The van der Waals surface area contributed by atoms with Crippen LogP contribution in [0.25, 0.3) is 0 Å². The van der Waals surface area contributed by atoms with Crippen LogP contribution >= 0.6 is 11.6 Å². The van der Waals surface area contributed by atoms with Crippen LogP contribution in [-0.4, -0.2) is 23.5 Å². The van der Waals surface area contributed by atoms with Gasteiger partial charge in [0, 0.05) is 23.4 Å². The van der Waals surface area contributed by atoms with Crippen molar-refractivity contribution in [2.45, 2.75) is 33.6 Å². The predicted molar refractivity (Wildman–Crippen MR) is 83.4 cm³/mol. The number of rotatable bonds is 7. The first-order valence-electron chi connectivity index (χ1n) is 6.95. The largest absolute Gasteiger partial charge is 0.481 e. The van der Waals surface area contributed by atoms with E-state index in [0.717, 1.165) is 5.56 Å². The molecule has 0 heterocycles. The predicted octanol–water partition coefficient (Wildman–Crippen LogP) is 3.14. The monoisotopic (exact) mass is 311 g/mol. The van der Waals surface area contributed by atoms with E-state index in [9.17, 15) is 9.59 Å². The minimum Gasteiger partial charge on any atom is -0.481 e. The Labute approximate surface area is 130 Å². The van der Waals surface area contributed by atoms with Gasteiger partial charge in [0.2, 0.25) is 5.91 Å². The number of carboxylic acids is 1. The Morgan fingerprint density at radius 2 is 2.05 bits per heavy atom. The number of hydrogen-bond donors (Lipinski definition) is 2. The van der Waals surface area contributed by atoms with Crippen molar-refractivity contribution in [3.05, 3.63) is 34.9 Å². The zero-order valence-corrected chi connectivity index (χ0v) is 13.4. The molecule has 4 nitrogen and oxygen atoms in total. The van der Waals surface area contributed by atoms with Crippen molar-refractivity contribution in [3.63, 3.8) is 0 Å². The Morgan fingerprint density at radius 1 is 1.38 bits per heavy atom. The molecule has 0 bridgehead atoms. The van der Waals surface area contributed by atoms with E-state index in [1.807, 2.05) is 32.0 Å². The summed E-state index contributed by atoms with van der Waals surface area (Å²) in [4.78, 5) is 22.9. The maximum atomic E-state index is 12.3.